The van der Waals surface area contributed by atoms with Crippen LogP contribution >= 0.6 is 11.6 Å². The molecule has 1 unspecified atom stereocenters. The predicted octanol–water partition coefficient (Wildman–Crippen LogP) is 2.74. The van der Waals surface area contributed by atoms with Gasteiger partial charge in [-0.05, 0) is 42.0 Å². The van der Waals surface area contributed by atoms with Crippen LogP contribution in [0.3, 0.4) is 0 Å². The van der Waals surface area contributed by atoms with Gasteiger partial charge in [-0.3, -0.25) is 19.8 Å². The molecule has 37 heavy (non-hydrogen) atoms. The lowest BCUT2D eigenvalue weighted by molar-refractivity contribution is -0.138. The minimum Gasteiger partial charge on any atom is -0.394 e. The molecule has 1 fully saturated rings. The van der Waals surface area contributed by atoms with E-state index >= 15 is 0 Å². The minimum atomic E-state index is -4.21. The van der Waals surface area contributed by atoms with E-state index in [0.29, 0.717) is 42.6 Å². The molecule has 1 atom stereocenters. The number of nitrogens with zero attached hydrogens (tertiary/aromatic N) is 2. The molecule has 0 aliphatic carbocycles. The molecule has 1 aliphatic rings. The number of carbonyl (C=O) groups excluding carboxylic acids is 2. The lowest BCUT2D eigenvalue weighted by Crippen LogP contribution is -2.47. The number of halogens is 5. The van der Waals surface area contributed by atoms with Gasteiger partial charge in [0.05, 0.1) is 24.4 Å². The van der Waals surface area contributed by atoms with Gasteiger partial charge in [0.2, 0.25) is 5.91 Å². The average molecular weight is 546 g/mol. The number of aliphatic hydroxyl groups excluding tert-OH is 1. The van der Waals surface area contributed by atoms with Gasteiger partial charge in [0.1, 0.15) is 11.9 Å². The highest BCUT2D eigenvalue weighted by atomic mass is 35.5. The van der Waals surface area contributed by atoms with E-state index in [1.165, 1.54) is 6.07 Å². The van der Waals surface area contributed by atoms with Crippen LogP contribution in [0.15, 0.2) is 36.4 Å². The van der Waals surface area contributed by atoms with E-state index < -0.39 is 42.9 Å². The van der Waals surface area contributed by atoms with Gasteiger partial charge in [-0.2, -0.15) is 13.2 Å². The number of rotatable bonds is 10. The van der Waals surface area contributed by atoms with Crippen molar-refractivity contribution < 1.29 is 32.3 Å². The summed E-state index contributed by atoms with van der Waals surface area (Å²) in [5, 5.41) is 15.2. The maximum atomic E-state index is 13.9. The van der Waals surface area contributed by atoms with Crippen LogP contribution in [0.25, 0.3) is 0 Å². The Bertz CT molecular complexity index is 1110. The topological polar surface area (TPSA) is 111 Å². The Kier molecular flexibility index (Phi) is 9.71. The molecule has 0 saturated carbocycles. The number of piperazine rings is 1. The van der Waals surface area contributed by atoms with Crippen molar-refractivity contribution in [1.29, 1.82) is 0 Å². The Morgan fingerprint density at radius 2 is 1.81 bits per heavy atom. The monoisotopic (exact) mass is 545 g/mol. The molecule has 0 spiro atoms. The number of nitrogens with two attached hydrogens (primary N) is 1. The Balaban J connectivity index is 1.74. The third kappa shape index (κ3) is 8.29. The summed E-state index contributed by atoms with van der Waals surface area (Å²) in [5.74, 6) is -1.94. The number of benzene rings is 2. The van der Waals surface area contributed by atoms with Crippen molar-refractivity contribution in [2.75, 3.05) is 49.5 Å². The normalized spacial score (nSPS) is 15.5. The zero-order chi connectivity index (χ0) is 27.2. The third-order valence-corrected chi connectivity index (χ3v) is 6.24. The molecular formula is C24H28ClF4N5O3. The number of anilines is 2. The summed E-state index contributed by atoms with van der Waals surface area (Å²) in [5.41, 5.74) is 6.60. The molecule has 3 rings (SSSR count). The number of aliphatic hydroxyl groups is 1. The molecule has 0 bridgehead atoms. The zero-order valence-corrected chi connectivity index (χ0v) is 20.6. The van der Waals surface area contributed by atoms with E-state index in [1.54, 1.807) is 23.1 Å². The van der Waals surface area contributed by atoms with Crippen molar-refractivity contribution >= 4 is 34.8 Å². The van der Waals surface area contributed by atoms with E-state index in [-0.39, 0.29) is 24.2 Å². The lowest BCUT2D eigenvalue weighted by Gasteiger charge is -2.37. The van der Waals surface area contributed by atoms with Crippen molar-refractivity contribution in [3.63, 3.8) is 0 Å². The molecule has 202 valence electrons. The van der Waals surface area contributed by atoms with Gasteiger partial charge in [-0.25, -0.2) is 4.39 Å². The number of hydrogen-bond acceptors (Lipinski definition) is 6. The first-order valence-corrected chi connectivity index (χ1v) is 11.9. The van der Waals surface area contributed by atoms with Crippen molar-refractivity contribution in [2.24, 2.45) is 5.73 Å². The first kappa shape index (κ1) is 28.6. The van der Waals surface area contributed by atoms with Crippen LogP contribution in [-0.4, -0.2) is 73.4 Å². The zero-order valence-electron chi connectivity index (χ0n) is 19.8. The fourth-order valence-electron chi connectivity index (χ4n) is 3.98. The Morgan fingerprint density at radius 3 is 2.43 bits per heavy atom. The summed E-state index contributed by atoms with van der Waals surface area (Å²) in [6.45, 7) is 0.937. The highest BCUT2D eigenvalue weighted by Gasteiger charge is 2.29. The number of nitrogens with one attached hydrogen (secondary N) is 2. The van der Waals surface area contributed by atoms with Crippen LogP contribution in [0.5, 0.6) is 0 Å². The Hall–Kier alpha value is -2.93. The minimum absolute atomic E-state index is 0.0786. The van der Waals surface area contributed by atoms with Crippen molar-refractivity contribution in [2.45, 2.75) is 25.2 Å². The largest absolute Gasteiger partial charge is 0.394 e. The van der Waals surface area contributed by atoms with E-state index in [9.17, 15) is 32.3 Å². The molecule has 1 saturated heterocycles. The maximum Gasteiger partial charge on any atom is 0.390 e. The van der Waals surface area contributed by atoms with Crippen LogP contribution in [0.4, 0.5) is 28.9 Å². The fourth-order valence-corrected chi connectivity index (χ4v) is 4.14. The number of amides is 2. The molecule has 1 aliphatic heterocycles. The molecule has 2 aromatic rings. The van der Waals surface area contributed by atoms with Crippen LogP contribution < -0.4 is 21.3 Å². The molecule has 13 heteroatoms. The van der Waals surface area contributed by atoms with Crippen LogP contribution in [-0.2, 0) is 11.3 Å². The molecule has 1 heterocycles. The molecule has 0 aromatic heterocycles. The second kappa shape index (κ2) is 12.5. The number of carbonyl (C=O) groups is 2. The summed E-state index contributed by atoms with van der Waals surface area (Å²) in [6.07, 6.45) is -5.09. The highest BCUT2D eigenvalue weighted by Crippen LogP contribution is 2.31. The molecule has 5 N–H and O–H groups in total. The maximum absolute atomic E-state index is 13.9. The molecule has 0 radical (unpaired) electrons. The van der Waals surface area contributed by atoms with Crippen molar-refractivity contribution in [3.8, 4) is 0 Å². The summed E-state index contributed by atoms with van der Waals surface area (Å²) in [6, 6.07) is 7.35. The second-order valence-electron chi connectivity index (χ2n) is 8.63. The lowest BCUT2D eigenvalue weighted by atomic mass is 10.1. The molecule has 2 amide bonds. The van der Waals surface area contributed by atoms with Gasteiger partial charge < -0.3 is 21.1 Å². The van der Waals surface area contributed by atoms with Crippen molar-refractivity contribution in [1.82, 2.24) is 10.2 Å². The first-order chi connectivity index (χ1) is 17.5. The first-order valence-electron chi connectivity index (χ1n) is 11.5. The third-order valence-electron chi connectivity index (χ3n) is 6.01. The van der Waals surface area contributed by atoms with E-state index in [0.717, 1.165) is 12.1 Å². The van der Waals surface area contributed by atoms with Crippen LogP contribution in [0.1, 0.15) is 22.3 Å². The van der Waals surface area contributed by atoms with Crippen LogP contribution in [0, 0.1) is 5.82 Å². The van der Waals surface area contributed by atoms with Crippen LogP contribution in [0.2, 0.25) is 5.02 Å². The fraction of sp³-hybridized carbons (Fsp3) is 0.417. The smallest absolute Gasteiger partial charge is 0.390 e. The Morgan fingerprint density at radius 1 is 1.11 bits per heavy atom. The standard InChI is InChI=1S/C24H28ClF4N5O3/c25-16-1-4-19(21(12-16)34-9-7-33(8-10-34)6-5-24(27,28)29)32-23(37)18-3-2-17(26)11-15(18)13-31-20(14-35)22(30)36/h1-4,11-12,20,31,35H,5-10,13-14H2,(H2,30,36)(H,32,37). The second-order valence-corrected chi connectivity index (χ2v) is 9.07. The summed E-state index contributed by atoms with van der Waals surface area (Å²) >= 11 is 6.19. The summed E-state index contributed by atoms with van der Waals surface area (Å²) < 4.78 is 51.6. The SMILES string of the molecule is NC(=O)C(CO)NCc1cc(F)ccc1C(=O)Nc1ccc(Cl)cc1N1CCN(CCC(F)(F)F)CC1. The van der Waals surface area contributed by atoms with Gasteiger partial charge >= 0.3 is 6.18 Å². The van der Waals surface area contributed by atoms with E-state index in [4.69, 9.17) is 17.3 Å². The predicted molar refractivity (Wildman–Crippen MR) is 132 cm³/mol. The summed E-state index contributed by atoms with van der Waals surface area (Å²) in [4.78, 5) is 28.2. The summed E-state index contributed by atoms with van der Waals surface area (Å²) in [7, 11) is 0. The van der Waals surface area contributed by atoms with E-state index in [1.807, 2.05) is 4.90 Å². The average Bonchev–Trinajstić information content (AvgIpc) is 2.84. The number of primary amides is 1. The van der Waals surface area contributed by atoms with E-state index in [2.05, 4.69) is 10.6 Å². The van der Waals surface area contributed by atoms with Gasteiger partial charge in [-0.15, -0.1) is 0 Å². The Labute approximate surface area is 216 Å². The van der Waals surface area contributed by atoms with Gasteiger partial charge in [-0.1, -0.05) is 11.6 Å². The van der Waals surface area contributed by atoms with Gasteiger partial charge in [0.15, 0.2) is 0 Å². The highest BCUT2D eigenvalue weighted by molar-refractivity contribution is 6.31. The number of hydrogen-bond donors (Lipinski definition) is 4. The van der Waals surface area contributed by atoms with Crippen molar-refractivity contribution in [3.05, 3.63) is 58.4 Å². The number of alkyl halides is 3. The molecule has 2 aromatic carbocycles. The van der Waals surface area contributed by atoms with Gasteiger partial charge in [0, 0.05) is 49.9 Å². The molecular weight excluding hydrogens is 518 g/mol. The molecule has 8 nitrogen and oxygen atoms in total. The van der Waals surface area contributed by atoms with Gasteiger partial charge in [0.25, 0.3) is 5.91 Å². The quantitative estimate of drug-likeness (QED) is 0.342.